The van der Waals surface area contributed by atoms with Crippen molar-refractivity contribution in [1.29, 1.82) is 0 Å². The number of carbonyl (C=O) groups excluding carboxylic acids is 9. The Morgan fingerprint density at radius 1 is 0.649 bits per heavy atom. The van der Waals surface area contributed by atoms with Gasteiger partial charge in [0.15, 0.2) is 12.1 Å². The number of cyclic esters (lactones) is 1. The first kappa shape index (κ1) is 64.6. The summed E-state index contributed by atoms with van der Waals surface area (Å²) in [6.45, 7) is 16.5. The molecule has 0 aliphatic carbocycles. The minimum absolute atomic E-state index is 0.00998. The number of halogens is 2. The molecule has 426 valence electrons. The second kappa shape index (κ2) is 28.3. The Hall–Kier alpha value is -4.91. The van der Waals surface area contributed by atoms with Crippen LogP contribution in [0.5, 0.6) is 0 Å². The molecule has 0 saturated carbocycles. The maximum Gasteiger partial charge on any atom is 0.332 e. The van der Waals surface area contributed by atoms with Crippen LogP contribution in [0.3, 0.4) is 0 Å². The number of rotatable bonds is 11. The van der Waals surface area contributed by atoms with Crippen LogP contribution in [-0.2, 0) is 60.7 Å². The minimum atomic E-state index is -1.96. The first-order chi connectivity index (χ1) is 35.9. The lowest BCUT2D eigenvalue weighted by Gasteiger charge is -2.39. The van der Waals surface area contributed by atoms with Crippen molar-refractivity contribution in [2.24, 2.45) is 17.8 Å². The topological polar surface area (TPSA) is 235 Å². The van der Waals surface area contributed by atoms with Gasteiger partial charge in [-0.25, -0.2) is 4.79 Å². The summed E-state index contributed by atoms with van der Waals surface area (Å²) >= 11 is 4.32. The third-order valence-electron chi connectivity index (χ3n) is 15.2. The summed E-state index contributed by atoms with van der Waals surface area (Å²) < 4.78 is 7.76. The molecule has 4 N–H and O–H groups in total. The minimum Gasteiger partial charge on any atom is -0.450 e. The summed E-state index contributed by atoms with van der Waals surface area (Å²) in [5.41, 5.74) is -0.530. The summed E-state index contributed by atoms with van der Waals surface area (Å²) in [6.07, 6.45) is 0.107. The van der Waals surface area contributed by atoms with Crippen molar-refractivity contribution >= 4 is 98.4 Å². The van der Waals surface area contributed by atoms with E-state index < -0.39 is 125 Å². The van der Waals surface area contributed by atoms with Gasteiger partial charge in [-0.1, -0.05) is 72.2 Å². The largest absolute Gasteiger partial charge is 0.450 e. The van der Waals surface area contributed by atoms with Crippen LogP contribution < -0.4 is 16.0 Å². The van der Waals surface area contributed by atoms with Crippen molar-refractivity contribution in [1.82, 2.24) is 40.4 Å². The van der Waals surface area contributed by atoms with E-state index in [4.69, 9.17) is 4.74 Å². The SMILES string of the molecule is CCC(C)C1NC(=O)C2CCCN2C(=O)C(Cc2cccc(I)c2)N(C)C(=O)C(Cc2cccc(I)c2)NC(=O)[C@H](C)N(C)C(=O)[C@@H](C(C)CC)OC(=O)C(C(C)(C)O)N(C)C(=O)C(CC(C)C)NC(=O)[C@H](C)N(C)C1=O. The molecule has 2 aliphatic heterocycles. The molecule has 2 saturated heterocycles. The number of fused-ring (bicyclic) bond motifs is 1. The maximum atomic E-state index is 15.2. The van der Waals surface area contributed by atoms with Gasteiger partial charge in [0.05, 0.1) is 5.60 Å². The molecule has 11 atom stereocenters. The average Bonchev–Trinajstić information content (AvgIpc) is 3.88. The maximum absolute atomic E-state index is 15.2. The number of likely N-dealkylation sites (N-methyl/N-ethyl adjacent to an activating group) is 4. The van der Waals surface area contributed by atoms with Crippen LogP contribution in [0.4, 0.5) is 0 Å². The van der Waals surface area contributed by atoms with Crippen molar-refractivity contribution in [3.8, 4) is 0 Å². The Bertz CT molecular complexity index is 2470. The molecular formula is C56H82I2N8O11. The number of esters is 1. The molecule has 0 radical (unpaired) electrons. The highest BCUT2D eigenvalue weighted by molar-refractivity contribution is 14.1. The van der Waals surface area contributed by atoms with Crippen LogP contribution in [-0.4, -0.2) is 178 Å². The fourth-order valence-corrected chi connectivity index (χ4v) is 11.0. The highest BCUT2D eigenvalue weighted by atomic mass is 127. The quantitative estimate of drug-likeness (QED) is 0.183. The van der Waals surface area contributed by atoms with Crippen LogP contribution in [0.1, 0.15) is 112 Å². The van der Waals surface area contributed by atoms with Crippen LogP contribution in [0.2, 0.25) is 0 Å². The molecule has 2 aromatic carbocycles. The highest BCUT2D eigenvalue weighted by Gasteiger charge is 2.47. The first-order valence-corrected chi connectivity index (χ1v) is 28.8. The Morgan fingerprint density at radius 2 is 1.16 bits per heavy atom. The van der Waals surface area contributed by atoms with Crippen LogP contribution in [0.15, 0.2) is 48.5 Å². The fourth-order valence-electron chi connectivity index (χ4n) is 9.74. The van der Waals surface area contributed by atoms with Gasteiger partial charge in [-0.2, -0.15) is 0 Å². The van der Waals surface area contributed by atoms with Gasteiger partial charge in [-0.15, -0.1) is 0 Å². The number of carbonyl (C=O) groups is 9. The Kier molecular flexibility index (Phi) is 23.7. The van der Waals surface area contributed by atoms with E-state index in [2.05, 4.69) is 61.1 Å². The lowest BCUT2D eigenvalue weighted by atomic mass is 9.94. The zero-order valence-electron chi connectivity index (χ0n) is 47.2. The van der Waals surface area contributed by atoms with Crippen molar-refractivity contribution < 1.29 is 53.0 Å². The van der Waals surface area contributed by atoms with E-state index >= 15 is 9.59 Å². The van der Waals surface area contributed by atoms with Gasteiger partial charge in [0.1, 0.15) is 42.3 Å². The van der Waals surface area contributed by atoms with Crippen molar-refractivity contribution in [3.05, 3.63) is 66.8 Å². The zero-order valence-corrected chi connectivity index (χ0v) is 51.5. The summed E-state index contributed by atoms with van der Waals surface area (Å²) in [5, 5.41) is 20.2. The van der Waals surface area contributed by atoms with E-state index in [0.29, 0.717) is 24.8 Å². The first-order valence-electron chi connectivity index (χ1n) is 26.6. The lowest BCUT2D eigenvalue weighted by molar-refractivity contribution is -0.177. The molecule has 77 heavy (non-hydrogen) atoms. The van der Waals surface area contributed by atoms with Crippen molar-refractivity contribution in [2.75, 3.05) is 34.7 Å². The fraction of sp³-hybridized carbons (Fsp3) is 0.625. The van der Waals surface area contributed by atoms with E-state index in [1.165, 1.54) is 70.6 Å². The number of ether oxygens (including phenoxy) is 1. The zero-order chi connectivity index (χ0) is 58.0. The number of benzene rings is 2. The second-order valence-corrected chi connectivity index (χ2v) is 24.4. The molecule has 2 aromatic rings. The number of hydrogen-bond donors (Lipinski definition) is 4. The number of aliphatic hydroxyl groups is 1. The molecular weight excluding hydrogens is 1210 g/mol. The summed E-state index contributed by atoms with van der Waals surface area (Å²) in [6, 6.07) is 4.79. The van der Waals surface area contributed by atoms with E-state index in [-0.39, 0.29) is 38.1 Å². The smallest absolute Gasteiger partial charge is 0.332 e. The normalized spacial score (nSPS) is 26.8. The highest BCUT2D eigenvalue weighted by Crippen LogP contribution is 2.27. The van der Waals surface area contributed by atoms with Gasteiger partial charge >= 0.3 is 5.97 Å². The van der Waals surface area contributed by atoms with Gasteiger partial charge < -0.3 is 50.3 Å². The number of amides is 8. The van der Waals surface area contributed by atoms with Crippen LogP contribution in [0, 0.1) is 24.9 Å². The molecule has 0 aromatic heterocycles. The standard InChI is InChI=1S/C56H82I2N8O11/c1-15-32(5)44-53(73)62(11)34(7)47(67)59-40(26-31(3)4)51(71)65(14)46(56(9,10)76)55(75)77-45(33(6)16-2)54(74)63(12)35(8)48(68)60-41(29-36-20-17-22-38(57)27-36)50(70)64(13)43(30-37-21-18-23-39(58)28-37)52(72)66-25-19-24-42(66)49(69)61-44/h17-18,20-23,27-28,31-35,40-46,76H,15-16,19,24-26,29-30H2,1-14H3,(H,59,67)(H,60,68)(H,61,69)/t32?,33?,34-,35-,40?,41?,42?,43?,44?,45+,46?/m0/s1. The lowest BCUT2D eigenvalue weighted by Crippen LogP contribution is -2.62. The number of hydrogen-bond acceptors (Lipinski definition) is 11. The molecule has 0 spiro atoms. The van der Waals surface area contributed by atoms with Gasteiger partial charge in [0, 0.05) is 60.6 Å². The molecule has 2 heterocycles. The summed E-state index contributed by atoms with van der Waals surface area (Å²) in [7, 11) is 5.56. The molecule has 4 rings (SSSR count). The Balaban J connectivity index is 1.93. The molecule has 8 amide bonds. The third kappa shape index (κ3) is 16.6. The second-order valence-electron chi connectivity index (χ2n) is 21.9. The molecule has 19 nitrogen and oxygen atoms in total. The van der Waals surface area contributed by atoms with E-state index in [9.17, 15) is 38.7 Å². The predicted molar refractivity (Wildman–Crippen MR) is 308 cm³/mol. The van der Waals surface area contributed by atoms with Gasteiger partial charge in [0.25, 0.3) is 5.91 Å². The monoisotopic (exact) mass is 1300 g/mol. The number of nitrogens with one attached hydrogen (secondary N) is 3. The van der Waals surface area contributed by atoms with Crippen molar-refractivity contribution in [2.45, 2.75) is 174 Å². The Morgan fingerprint density at radius 3 is 1.66 bits per heavy atom. The Labute approximate surface area is 482 Å². The van der Waals surface area contributed by atoms with Gasteiger partial charge in [-0.3, -0.25) is 38.4 Å². The molecule has 2 aliphatic rings. The summed E-state index contributed by atoms with van der Waals surface area (Å²) in [5.74, 6) is -7.66. The van der Waals surface area contributed by atoms with Gasteiger partial charge in [-0.05, 0) is 146 Å². The van der Waals surface area contributed by atoms with E-state index in [0.717, 1.165) is 22.5 Å². The molecule has 2 fully saturated rings. The number of nitrogens with zero attached hydrogens (tertiary/aromatic N) is 5. The molecule has 21 heteroatoms. The van der Waals surface area contributed by atoms with Crippen molar-refractivity contribution in [3.63, 3.8) is 0 Å². The predicted octanol–water partition coefficient (Wildman–Crippen LogP) is 4.31. The molecule has 8 unspecified atom stereocenters. The third-order valence-corrected chi connectivity index (χ3v) is 16.5. The summed E-state index contributed by atoms with van der Waals surface area (Å²) in [4.78, 5) is 138. The van der Waals surface area contributed by atoms with Crippen LogP contribution in [0.25, 0.3) is 0 Å². The van der Waals surface area contributed by atoms with E-state index in [1.54, 1.807) is 20.8 Å². The van der Waals surface area contributed by atoms with Gasteiger partial charge in [0.2, 0.25) is 41.4 Å². The molecule has 0 bridgehead atoms. The van der Waals surface area contributed by atoms with E-state index in [1.807, 2.05) is 69.3 Å². The van der Waals surface area contributed by atoms with Crippen LogP contribution >= 0.6 is 45.2 Å². The average molecular weight is 1300 g/mol.